The van der Waals surface area contributed by atoms with Crippen molar-refractivity contribution in [3.63, 3.8) is 0 Å². The fourth-order valence-corrected chi connectivity index (χ4v) is 4.52. The van der Waals surface area contributed by atoms with Crippen LogP contribution < -0.4 is 23.7 Å². The normalized spacial score (nSPS) is 18.0. The van der Waals surface area contributed by atoms with E-state index in [4.69, 9.17) is 18.9 Å². The summed E-state index contributed by atoms with van der Waals surface area (Å²) in [5.41, 5.74) is 2.78. The van der Waals surface area contributed by atoms with Crippen LogP contribution in [-0.2, 0) is 12.0 Å². The first-order valence-electron chi connectivity index (χ1n) is 9.72. The molecule has 0 saturated heterocycles. The van der Waals surface area contributed by atoms with Crippen molar-refractivity contribution in [1.29, 1.82) is 0 Å². The Kier molecular flexibility index (Phi) is 6.98. The fourth-order valence-electron chi connectivity index (χ4n) is 3.69. The average Bonchev–Trinajstić information content (AvgIpc) is 3.27. The molecular weight excluding hydrogens is 386 g/mol. The zero-order valence-electron chi connectivity index (χ0n) is 17.7. The number of nitrogens with one attached hydrogen (secondary N) is 1. The van der Waals surface area contributed by atoms with E-state index in [0.29, 0.717) is 23.0 Å². The Morgan fingerprint density at radius 3 is 2.10 bits per heavy atom. The van der Waals surface area contributed by atoms with E-state index in [2.05, 4.69) is 42.0 Å². The fraction of sp³-hybridized carbons (Fsp3) is 0.391. The summed E-state index contributed by atoms with van der Waals surface area (Å²) in [7, 11) is 6.45. The van der Waals surface area contributed by atoms with Crippen molar-refractivity contribution < 1.29 is 18.9 Å². The number of ether oxygens (including phenoxy) is 4. The van der Waals surface area contributed by atoms with E-state index >= 15 is 0 Å². The SMILES string of the molecule is CCCCc1ccc(C2(c3cc(OC)c(OC)c(OC)c3OC)C=CSN2)cc1. The minimum absolute atomic E-state index is 0.510. The lowest BCUT2D eigenvalue weighted by molar-refractivity contribution is 0.301. The maximum Gasteiger partial charge on any atom is 0.207 e. The van der Waals surface area contributed by atoms with Gasteiger partial charge in [0.05, 0.1) is 28.4 Å². The number of benzene rings is 2. The highest BCUT2D eigenvalue weighted by atomic mass is 32.2. The van der Waals surface area contributed by atoms with E-state index in [-0.39, 0.29) is 0 Å². The van der Waals surface area contributed by atoms with Gasteiger partial charge in [-0.05, 0) is 41.5 Å². The molecule has 0 fully saturated rings. The van der Waals surface area contributed by atoms with Gasteiger partial charge in [0.25, 0.3) is 0 Å². The predicted molar refractivity (Wildman–Crippen MR) is 118 cm³/mol. The lowest BCUT2D eigenvalue weighted by Gasteiger charge is -2.32. The Bertz CT molecular complexity index is 866. The summed E-state index contributed by atoms with van der Waals surface area (Å²) in [6, 6.07) is 10.7. The molecule has 1 atom stereocenters. The number of hydrogen-bond acceptors (Lipinski definition) is 6. The summed E-state index contributed by atoms with van der Waals surface area (Å²) < 4.78 is 26.2. The predicted octanol–water partition coefficient (Wildman–Crippen LogP) is 5.07. The maximum atomic E-state index is 5.80. The van der Waals surface area contributed by atoms with Crippen LogP contribution in [0.1, 0.15) is 36.5 Å². The second-order valence-corrected chi connectivity index (χ2v) is 7.57. The molecule has 3 rings (SSSR count). The Labute approximate surface area is 177 Å². The van der Waals surface area contributed by atoms with Crippen molar-refractivity contribution in [2.75, 3.05) is 28.4 Å². The summed E-state index contributed by atoms with van der Waals surface area (Å²) in [5, 5.41) is 2.05. The third-order valence-corrected chi connectivity index (χ3v) is 5.96. The standard InChI is InChI=1S/C23H29NO4S/c1-6-7-8-16-9-11-17(12-10-16)23(13-14-29-24-23)18-15-19(25-2)21(27-4)22(28-5)20(18)26-3/h9-15,24H,6-8H2,1-5H3. The molecule has 2 aromatic carbocycles. The molecule has 29 heavy (non-hydrogen) atoms. The van der Waals surface area contributed by atoms with E-state index in [1.165, 1.54) is 18.4 Å². The molecule has 1 aliphatic heterocycles. The van der Waals surface area contributed by atoms with Gasteiger partial charge in [0.1, 0.15) is 5.54 Å². The highest BCUT2D eigenvalue weighted by Gasteiger charge is 2.40. The van der Waals surface area contributed by atoms with Crippen molar-refractivity contribution in [3.05, 3.63) is 58.5 Å². The van der Waals surface area contributed by atoms with E-state index in [1.807, 2.05) is 11.5 Å². The number of hydrogen-bond donors (Lipinski definition) is 1. The first kappa shape index (κ1) is 21.4. The number of methoxy groups -OCH3 is 4. The van der Waals surface area contributed by atoms with Gasteiger partial charge < -0.3 is 18.9 Å². The van der Waals surface area contributed by atoms with Gasteiger partial charge in [0, 0.05) is 5.56 Å². The highest BCUT2D eigenvalue weighted by Crippen LogP contribution is 2.52. The molecule has 0 aliphatic carbocycles. The minimum Gasteiger partial charge on any atom is -0.493 e. The first-order valence-corrected chi connectivity index (χ1v) is 10.6. The van der Waals surface area contributed by atoms with E-state index < -0.39 is 5.54 Å². The quantitative estimate of drug-likeness (QED) is 0.577. The summed E-state index contributed by atoms with van der Waals surface area (Å²) in [6.45, 7) is 2.21. The van der Waals surface area contributed by atoms with Crippen molar-refractivity contribution in [3.8, 4) is 23.0 Å². The molecule has 0 bridgehead atoms. The number of aryl methyl sites for hydroxylation is 1. The Hall–Kier alpha value is -2.31. The summed E-state index contributed by atoms with van der Waals surface area (Å²) in [5.74, 6) is 2.22. The molecule has 0 radical (unpaired) electrons. The van der Waals surface area contributed by atoms with E-state index in [9.17, 15) is 0 Å². The van der Waals surface area contributed by atoms with Crippen LogP contribution in [0.3, 0.4) is 0 Å². The Morgan fingerprint density at radius 1 is 0.897 bits per heavy atom. The topological polar surface area (TPSA) is 49.0 Å². The molecule has 0 aromatic heterocycles. The largest absolute Gasteiger partial charge is 0.493 e. The second kappa shape index (κ2) is 9.46. The first-order chi connectivity index (χ1) is 14.1. The zero-order valence-corrected chi connectivity index (χ0v) is 18.5. The van der Waals surface area contributed by atoms with Gasteiger partial charge in [0.2, 0.25) is 11.5 Å². The minimum atomic E-state index is -0.577. The molecule has 1 heterocycles. The van der Waals surface area contributed by atoms with Crippen LogP contribution in [0.15, 0.2) is 41.8 Å². The van der Waals surface area contributed by atoms with Gasteiger partial charge >= 0.3 is 0 Å². The highest BCUT2D eigenvalue weighted by molar-refractivity contribution is 8.00. The van der Waals surface area contributed by atoms with Gasteiger partial charge in [-0.1, -0.05) is 49.6 Å². The third kappa shape index (κ3) is 3.91. The molecule has 2 aromatic rings. The van der Waals surface area contributed by atoms with Crippen LogP contribution in [0, 0.1) is 0 Å². The lowest BCUT2D eigenvalue weighted by atomic mass is 9.82. The van der Waals surface area contributed by atoms with E-state index in [1.54, 1.807) is 40.4 Å². The smallest absolute Gasteiger partial charge is 0.207 e. The zero-order chi connectivity index (χ0) is 20.9. The van der Waals surface area contributed by atoms with Crippen molar-refractivity contribution in [2.24, 2.45) is 0 Å². The van der Waals surface area contributed by atoms with E-state index in [0.717, 1.165) is 17.5 Å². The third-order valence-electron chi connectivity index (χ3n) is 5.25. The second-order valence-electron chi connectivity index (χ2n) is 6.86. The summed E-state index contributed by atoms with van der Waals surface area (Å²) in [6.07, 6.45) is 5.62. The molecule has 1 aliphatic rings. The molecule has 1 unspecified atom stereocenters. The van der Waals surface area contributed by atoms with Crippen molar-refractivity contribution >= 4 is 11.9 Å². The molecule has 0 spiro atoms. The van der Waals surface area contributed by atoms with Crippen LogP contribution in [0.2, 0.25) is 0 Å². The van der Waals surface area contributed by atoms with Gasteiger partial charge in [-0.15, -0.1) is 0 Å². The van der Waals surface area contributed by atoms with Crippen LogP contribution in [0.5, 0.6) is 23.0 Å². The monoisotopic (exact) mass is 415 g/mol. The summed E-state index contributed by atoms with van der Waals surface area (Å²) in [4.78, 5) is 0. The summed E-state index contributed by atoms with van der Waals surface area (Å²) >= 11 is 1.55. The van der Waals surface area contributed by atoms with Crippen molar-refractivity contribution in [1.82, 2.24) is 4.72 Å². The van der Waals surface area contributed by atoms with Gasteiger partial charge in [-0.2, -0.15) is 0 Å². The average molecular weight is 416 g/mol. The van der Waals surface area contributed by atoms with Crippen molar-refractivity contribution in [2.45, 2.75) is 31.7 Å². The molecule has 1 N–H and O–H groups in total. The number of unbranched alkanes of at least 4 members (excludes halogenated alkanes) is 1. The van der Waals surface area contributed by atoms with Crippen LogP contribution >= 0.6 is 11.9 Å². The van der Waals surface area contributed by atoms with Crippen LogP contribution in [0.25, 0.3) is 0 Å². The maximum absolute atomic E-state index is 5.80. The molecule has 156 valence electrons. The Balaban J connectivity index is 2.18. The number of rotatable bonds is 9. The van der Waals surface area contributed by atoms with Crippen LogP contribution in [0.4, 0.5) is 0 Å². The van der Waals surface area contributed by atoms with Crippen LogP contribution in [-0.4, -0.2) is 28.4 Å². The Morgan fingerprint density at radius 2 is 1.59 bits per heavy atom. The molecule has 0 amide bonds. The molecular formula is C23H29NO4S. The molecule has 5 nitrogen and oxygen atoms in total. The lowest BCUT2D eigenvalue weighted by Crippen LogP contribution is -2.35. The van der Waals surface area contributed by atoms with Gasteiger partial charge in [0.15, 0.2) is 11.5 Å². The van der Waals surface area contributed by atoms with Gasteiger partial charge in [-0.25, -0.2) is 4.72 Å². The molecule has 0 saturated carbocycles. The molecule has 6 heteroatoms. The van der Waals surface area contributed by atoms with Gasteiger partial charge in [-0.3, -0.25) is 0 Å².